The third kappa shape index (κ3) is 3.56. The molecule has 0 spiro atoms. The van der Waals surface area contributed by atoms with Gasteiger partial charge in [0.1, 0.15) is 0 Å². The van der Waals surface area contributed by atoms with Crippen LogP contribution in [0.3, 0.4) is 0 Å². The van der Waals surface area contributed by atoms with Gasteiger partial charge in [-0.1, -0.05) is 6.42 Å². The Labute approximate surface area is 126 Å². The van der Waals surface area contributed by atoms with E-state index in [-0.39, 0.29) is 6.03 Å². The van der Waals surface area contributed by atoms with Gasteiger partial charge in [-0.05, 0) is 32.4 Å². The van der Waals surface area contributed by atoms with Crippen LogP contribution in [0.2, 0.25) is 0 Å². The largest absolute Gasteiger partial charge is 0.334 e. The second kappa shape index (κ2) is 6.47. The molecule has 0 radical (unpaired) electrons. The molecule has 2 saturated heterocycles. The highest BCUT2D eigenvalue weighted by molar-refractivity contribution is 5.74. The van der Waals surface area contributed by atoms with Gasteiger partial charge >= 0.3 is 6.03 Å². The molecule has 0 aromatic carbocycles. The third-order valence-corrected chi connectivity index (χ3v) is 4.56. The van der Waals surface area contributed by atoms with E-state index in [1.165, 1.54) is 32.4 Å². The van der Waals surface area contributed by atoms with Crippen LogP contribution in [0.25, 0.3) is 0 Å². The number of nitrogens with one attached hydrogen (secondary N) is 1. The molecule has 1 atom stereocenters. The maximum Gasteiger partial charge on any atom is 0.317 e. The number of amides is 2. The maximum absolute atomic E-state index is 12.2. The Morgan fingerprint density at radius 1 is 1.33 bits per heavy atom. The lowest BCUT2D eigenvalue weighted by atomic mass is 10.1. The predicted octanol–water partition coefficient (Wildman–Crippen LogP) is 1.19. The number of hydrogen-bond acceptors (Lipinski definition) is 3. The van der Waals surface area contributed by atoms with Crippen LogP contribution in [0, 0.1) is 0 Å². The van der Waals surface area contributed by atoms with Gasteiger partial charge in [0.25, 0.3) is 0 Å². The quantitative estimate of drug-likeness (QED) is 0.910. The first-order valence-corrected chi connectivity index (χ1v) is 7.97. The normalized spacial score (nSPS) is 23.5. The fourth-order valence-electron chi connectivity index (χ4n) is 3.36. The minimum absolute atomic E-state index is 0.0540. The first kappa shape index (κ1) is 14.4. The fraction of sp³-hybridized carbons (Fsp3) is 0.733. The van der Waals surface area contributed by atoms with Crippen molar-refractivity contribution in [3.8, 4) is 0 Å². The maximum atomic E-state index is 12.2. The number of carbonyl (C=O) groups is 1. The summed E-state index contributed by atoms with van der Waals surface area (Å²) in [5, 5.41) is 7.10. The lowest BCUT2D eigenvalue weighted by Gasteiger charge is -2.32. The van der Waals surface area contributed by atoms with Crippen molar-refractivity contribution in [2.24, 2.45) is 7.05 Å². The molecule has 21 heavy (non-hydrogen) atoms. The van der Waals surface area contributed by atoms with Crippen LogP contribution in [0.5, 0.6) is 0 Å². The number of urea groups is 1. The van der Waals surface area contributed by atoms with Crippen LogP contribution in [0.1, 0.15) is 31.2 Å². The topological polar surface area (TPSA) is 53.4 Å². The summed E-state index contributed by atoms with van der Waals surface area (Å²) in [5.41, 5.74) is 1.04. The first-order valence-electron chi connectivity index (χ1n) is 7.97. The first-order chi connectivity index (χ1) is 10.2. The summed E-state index contributed by atoms with van der Waals surface area (Å²) in [6.45, 7) is 4.71. The van der Waals surface area contributed by atoms with Crippen LogP contribution >= 0.6 is 0 Å². The van der Waals surface area contributed by atoms with Crippen LogP contribution in [-0.2, 0) is 13.6 Å². The Kier molecular flexibility index (Phi) is 4.43. The molecule has 2 aliphatic heterocycles. The second-order valence-corrected chi connectivity index (χ2v) is 6.17. The van der Waals surface area contributed by atoms with Gasteiger partial charge in [0.2, 0.25) is 0 Å². The summed E-state index contributed by atoms with van der Waals surface area (Å²) >= 11 is 0. The molecule has 116 valence electrons. The molecule has 1 N–H and O–H groups in total. The molecule has 3 rings (SSSR count). The van der Waals surface area contributed by atoms with E-state index in [9.17, 15) is 4.79 Å². The lowest BCUT2D eigenvalue weighted by molar-refractivity contribution is 0.161. The molecule has 6 nitrogen and oxygen atoms in total. The molecule has 0 bridgehead atoms. The highest BCUT2D eigenvalue weighted by Crippen LogP contribution is 2.20. The Balaban J connectivity index is 1.45. The van der Waals surface area contributed by atoms with Gasteiger partial charge < -0.3 is 10.2 Å². The number of aryl methyl sites for hydroxylation is 1. The van der Waals surface area contributed by atoms with E-state index < -0.39 is 0 Å². The Bertz CT molecular complexity index is 480. The number of aromatic nitrogens is 2. The zero-order chi connectivity index (χ0) is 14.7. The summed E-state index contributed by atoms with van der Waals surface area (Å²) in [6.07, 6.45) is 8.81. The van der Waals surface area contributed by atoms with Crippen LogP contribution in [0.15, 0.2) is 12.4 Å². The van der Waals surface area contributed by atoms with Crippen molar-refractivity contribution in [3.63, 3.8) is 0 Å². The minimum atomic E-state index is 0.0540. The number of rotatable bonds is 3. The van der Waals surface area contributed by atoms with Gasteiger partial charge in [-0.2, -0.15) is 5.10 Å². The summed E-state index contributed by atoms with van der Waals surface area (Å²) < 4.78 is 1.75. The molecule has 3 heterocycles. The van der Waals surface area contributed by atoms with Crippen molar-refractivity contribution in [3.05, 3.63) is 18.0 Å². The minimum Gasteiger partial charge on any atom is -0.334 e. The highest BCUT2D eigenvalue weighted by atomic mass is 16.2. The number of piperidine rings is 1. The molecule has 6 heteroatoms. The van der Waals surface area contributed by atoms with Gasteiger partial charge in [0.15, 0.2) is 0 Å². The number of nitrogens with zero attached hydrogens (tertiary/aromatic N) is 4. The summed E-state index contributed by atoms with van der Waals surface area (Å²) in [4.78, 5) is 16.7. The standard InChI is InChI=1S/C15H25N5O/c1-18-11-13(10-17-18)9-16-15(21)20-8-5-14(12-20)19-6-3-2-4-7-19/h10-11,14H,2-9,12H2,1H3,(H,16,21)/t14-/m0/s1. The van der Waals surface area contributed by atoms with E-state index >= 15 is 0 Å². The molecule has 2 fully saturated rings. The van der Waals surface area contributed by atoms with E-state index in [1.54, 1.807) is 10.9 Å². The van der Waals surface area contributed by atoms with Crippen LogP contribution in [0.4, 0.5) is 4.79 Å². The second-order valence-electron chi connectivity index (χ2n) is 6.17. The predicted molar refractivity (Wildman–Crippen MR) is 80.8 cm³/mol. The van der Waals surface area contributed by atoms with E-state index in [0.717, 1.165) is 25.1 Å². The van der Waals surface area contributed by atoms with Crippen molar-refractivity contribution in [1.82, 2.24) is 24.9 Å². The van der Waals surface area contributed by atoms with Crippen LogP contribution in [-0.4, -0.2) is 57.8 Å². The SMILES string of the molecule is Cn1cc(CNC(=O)N2CC[C@H](N3CCCCC3)C2)cn1. The zero-order valence-corrected chi connectivity index (χ0v) is 12.8. The van der Waals surface area contributed by atoms with Gasteiger partial charge in [-0.25, -0.2) is 4.79 Å². The lowest BCUT2D eigenvalue weighted by Crippen LogP contribution is -2.43. The van der Waals surface area contributed by atoms with E-state index in [1.807, 2.05) is 18.1 Å². The summed E-state index contributed by atoms with van der Waals surface area (Å²) in [6, 6.07) is 0.618. The number of carbonyl (C=O) groups excluding carboxylic acids is 1. The Hall–Kier alpha value is -1.56. The van der Waals surface area contributed by atoms with Crippen molar-refractivity contribution >= 4 is 6.03 Å². The molecule has 1 aromatic heterocycles. The van der Waals surface area contributed by atoms with E-state index in [0.29, 0.717) is 12.6 Å². The molecular weight excluding hydrogens is 266 g/mol. The van der Waals surface area contributed by atoms with Crippen molar-refractivity contribution < 1.29 is 4.79 Å². The van der Waals surface area contributed by atoms with Crippen molar-refractivity contribution in [2.45, 2.75) is 38.3 Å². The highest BCUT2D eigenvalue weighted by Gasteiger charge is 2.30. The van der Waals surface area contributed by atoms with E-state index in [4.69, 9.17) is 0 Å². The fourth-order valence-corrected chi connectivity index (χ4v) is 3.36. The van der Waals surface area contributed by atoms with Gasteiger partial charge in [0, 0.05) is 44.5 Å². The zero-order valence-electron chi connectivity index (χ0n) is 12.8. The Morgan fingerprint density at radius 3 is 2.86 bits per heavy atom. The number of hydrogen-bond donors (Lipinski definition) is 1. The van der Waals surface area contributed by atoms with Crippen LogP contribution < -0.4 is 5.32 Å². The van der Waals surface area contributed by atoms with E-state index in [2.05, 4.69) is 15.3 Å². The number of likely N-dealkylation sites (tertiary alicyclic amines) is 2. The smallest absolute Gasteiger partial charge is 0.317 e. The molecule has 2 aliphatic rings. The van der Waals surface area contributed by atoms with Gasteiger partial charge in [-0.15, -0.1) is 0 Å². The Morgan fingerprint density at radius 2 is 2.14 bits per heavy atom. The monoisotopic (exact) mass is 291 g/mol. The van der Waals surface area contributed by atoms with Gasteiger partial charge in [0.05, 0.1) is 6.20 Å². The molecule has 0 saturated carbocycles. The molecule has 0 aliphatic carbocycles. The molecular formula is C15H25N5O. The summed E-state index contributed by atoms with van der Waals surface area (Å²) in [5.74, 6) is 0. The molecule has 2 amide bonds. The van der Waals surface area contributed by atoms with Crippen molar-refractivity contribution in [1.29, 1.82) is 0 Å². The average Bonchev–Trinajstić information content (AvgIpc) is 3.15. The molecule has 1 aromatic rings. The van der Waals surface area contributed by atoms with Crippen molar-refractivity contribution in [2.75, 3.05) is 26.2 Å². The summed E-state index contributed by atoms with van der Waals surface area (Å²) in [7, 11) is 1.88. The van der Waals surface area contributed by atoms with Gasteiger partial charge in [-0.3, -0.25) is 9.58 Å². The molecule has 0 unspecified atom stereocenters. The average molecular weight is 291 g/mol. The third-order valence-electron chi connectivity index (χ3n) is 4.56.